The van der Waals surface area contributed by atoms with Crippen molar-refractivity contribution in [1.82, 2.24) is 4.57 Å². The first-order valence-corrected chi connectivity index (χ1v) is 17.6. The van der Waals surface area contributed by atoms with Gasteiger partial charge in [0.05, 0.1) is 0 Å². The Morgan fingerprint density at radius 3 is 2.11 bits per heavy atom. The Bertz CT molecular complexity index is 1480. The minimum absolute atomic E-state index is 0.861. The lowest BCUT2D eigenvalue weighted by Gasteiger charge is -2.11. The third kappa shape index (κ3) is 15.2. The van der Waals surface area contributed by atoms with Gasteiger partial charge in [-0.05, 0) is 90.2 Å². The number of hydrogen-bond acceptors (Lipinski definition) is 1. The van der Waals surface area contributed by atoms with Crippen molar-refractivity contribution in [2.75, 3.05) is 11.9 Å². The second kappa shape index (κ2) is 28.0. The van der Waals surface area contributed by atoms with Crippen LogP contribution >= 0.6 is 0 Å². The van der Waals surface area contributed by atoms with Gasteiger partial charge < -0.3 is 9.88 Å². The van der Waals surface area contributed by atoms with E-state index >= 15 is 0 Å². The van der Waals surface area contributed by atoms with Crippen LogP contribution < -0.4 is 5.32 Å². The quantitative estimate of drug-likeness (QED) is 0.106. The molecule has 1 heterocycles. The highest BCUT2D eigenvalue weighted by Crippen LogP contribution is 2.27. The number of anilines is 1. The molecule has 2 nitrogen and oxygen atoms in total. The van der Waals surface area contributed by atoms with E-state index in [0.717, 1.165) is 25.9 Å². The predicted molar refractivity (Wildman–Crippen MR) is 218 cm³/mol. The fourth-order valence-corrected chi connectivity index (χ4v) is 4.99. The summed E-state index contributed by atoms with van der Waals surface area (Å²) < 4.78 is 2.38. The van der Waals surface area contributed by atoms with E-state index < -0.39 is 0 Å². The number of hydrogen-bond donors (Lipinski definition) is 1. The molecule has 0 atom stereocenters. The summed E-state index contributed by atoms with van der Waals surface area (Å²) in [6.07, 6.45) is 31.1. The highest BCUT2D eigenvalue weighted by atomic mass is 15.0. The number of para-hydroxylation sites is 2. The van der Waals surface area contributed by atoms with E-state index in [0.29, 0.717) is 0 Å². The largest absolute Gasteiger partial charge is 0.381 e. The summed E-state index contributed by atoms with van der Waals surface area (Å²) in [4.78, 5) is 0. The van der Waals surface area contributed by atoms with Crippen LogP contribution in [0.1, 0.15) is 98.4 Å². The van der Waals surface area contributed by atoms with Crippen molar-refractivity contribution in [3.05, 3.63) is 150 Å². The molecule has 0 spiro atoms. The van der Waals surface area contributed by atoms with Crippen LogP contribution in [0.25, 0.3) is 22.6 Å². The van der Waals surface area contributed by atoms with Crippen molar-refractivity contribution in [1.29, 1.82) is 0 Å². The molecule has 1 aromatic heterocycles. The first-order chi connectivity index (χ1) is 23.1. The number of nitrogens with zero attached hydrogens (tertiary/aromatic N) is 1. The molecule has 2 heteroatoms. The van der Waals surface area contributed by atoms with Crippen molar-refractivity contribution >= 4 is 28.2 Å². The van der Waals surface area contributed by atoms with Crippen molar-refractivity contribution in [2.24, 2.45) is 0 Å². The van der Waals surface area contributed by atoms with E-state index in [4.69, 9.17) is 0 Å². The Morgan fingerprint density at radius 2 is 1.47 bits per heavy atom. The zero-order chi connectivity index (χ0) is 35.3. The van der Waals surface area contributed by atoms with Gasteiger partial charge >= 0.3 is 0 Å². The monoisotopic (exact) mass is 633 g/mol. The van der Waals surface area contributed by atoms with Gasteiger partial charge in [-0.25, -0.2) is 0 Å². The summed E-state index contributed by atoms with van der Waals surface area (Å²) in [5.74, 6) is 0. The molecule has 0 amide bonds. The summed E-state index contributed by atoms with van der Waals surface area (Å²) in [5.41, 5.74) is 8.94. The zero-order valence-corrected chi connectivity index (χ0v) is 31.3. The summed E-state index contributed by atoms with van der Waals surface area (Å²) in [5, 5.41) is 4.75. The summed E-state index contributed by atoms with van der Waals surface area (Å²) in [7, 11) is 0. The van der Waals surface area contributed by atoms with E-state index in [1.165, 1.54) is 51.0 Å². The Hall–Kier alpha value is -4.30. The number of unbranched alkanes of at least 4 members (excludes halogenated alkanes) is 1. The van der Waals surface area contributed by atoms with Crippen molar-refractivity contribution in [3.8, 4) is 0 Å². The zero-order valence-electron chi connectivity index (χ0n) is 31.3. The molecule has 0 aliphatic rings. The van der Waals surface area contributed by atoms with Gasteiger partial charge in [-0.1, -0.05) is 149 Å². The van der Waals surface area contributed by atoms with Gasteiger partial charge in [0.15, 0.2) is 0 Å². The lowest BCUT2D eigenvalue weighted by atomic mass is 10.0. The number of allylic oxidation sites excluding steroid dienone is 13. The fraction of sp³-hybridized carbons (Fsp3) is 0.333. The Labute approximate surface area is 289 Å². The molecule has 254 valence electrons. The molecule has 3 aromatic rings. The van der Waals surface area contributed by atoms with E-state index in [-0.39, 0.29) is 0 Å². The van der Waals surface area contributed by atoms with Crippen LogP contribution in [0, 0.1) is 6.92 Å². The number of rotatable bonds is 14. The molecule has 0 aliphatic heterocycles. The van der Waals surface area contributed by atoms with Crippen LogP contribution in [0.4, 0.5) is 5.69 Å². The molecule has 0 saturated carbocycles. The molecular weight excluding hydrogens is 569 g/mol. The number of fused-ring (bicyclic) bond motifs is 1. The van der Waals surface area contributed by atoms with E-state index in [1.807, 2.05) is 53.7 Å². The molecule has 1 N–H and O–H groups in total. The van der Waals surface area contributed by atoms with E-state index in [1.54, 1.807) is 0 Å². The van der Waals surface area contributed by atoms with Gasteiger partial charge in [-0.3, -0.25) is 0 Å². The minimum atomic E-state index is 0.861. The van der Waals surface area contributed by atoms with Crippen LogP contribution in [0.15, 0.2) is 134 Å². The Balaban J connectivity index is 0.000000873. The predicted octanol–water partition coefficient (Wildman–Crippen LogP) is 14.1. The van der Waals surface area contributed by atoms with Crippen LogP contribution in [-0.2, 0) is 6.54 Å². The molecular formula is C45H64N2. The Kier molecular flexibility index (Phi) is 25.4. The van der Waals surface area contributed by atoms with E-state index in [9.17, 15) is 0 Å². The van der Waals surface area contributed by atoms with Crippen LogP contribution in [-0.4, -0.2) is 11.1 Å². The summed E-state index contributed by atoms with van der Waals surface area (Å²) in [6.45, 7) is 26.1. The van der Waals surface area contributed by atoms with Gasteiger partial charge in [0.1, 0.15) is 0 Å². The third-order valence-electron chi connectivity index (χ3n) is 7.27. The molecule has 0 saturated heterocycles. The maximum atomic E-state index is 3.80. The van der Waals surface area contributed by atoms with E-state index in [2.05, 4.69) is 160 Å². The minimum Gasteiger partial charge on any atom is -0.381 e. The van der Waals surface area contributed by atoms with Crippen molar-refractivity contribution in [2.45, 2.75) is 95.0 Å². The summed E-state index contributed by atoms with van der Waals surface area (Å²) >= 11 is 0. The van der Waals surface area contributed by atoms with Gasteiger partial charge in [-0.2, -0.15) is 0 Å². The maximum absolute atomic E-state index is 3.80. The lowest BCUT2D eigenvalue weighted by Crippen LogP contribution is -2.00. The van der Waals surface area contributed by atoms with Crippen molar-refractivity contribution in [3.63, 3.8) is 0 Å². The van der Waals surface area contributed by atoms with Gasteiger partial charge in [0, 0.05) is 40.9 Å². The molecule has 47 heavy (non-hydrogen) atoms. The molecule has 3 rings (SSSR count). The van der Waals surface area contributed by atoms with Crippen LogP contribution in [0.5, 0.6) is 0 Å². The second-order valence-corrected chi connectivity index (χ2v) is 10.2. The first-order valence-electron chi connectivity index (χ1n) is 17.6. The third-order valence-corrected chi connectivity index (χ3v) is 7.27. The van der Waals surface area contributed by atoms with Gasteiger partial charge in [-0.15, -0.1) is 0 Å². The Morgan fingerprint density at radius 1 is 0.787 bits per heavy atom. The maximum Gasteiger partial charge on any atom is 0.0490 e. The molecule has 2 aromatic carbocycles. The number of aryl methyl sites for hydroxylation is 1. The molecule has 0 fully saturated rings. The number of benzene rings is 2. The summed E-state index contributed by atoms with van der Waals surface area (Å²) in [6, 6.07) is 17.0. The molecule has 0 bridgehead atoms. The smallest absolute Gasteiger partial charge is 0.0490 e. The average Bonchev–Trinajstić information content (AvgIpc) is 3.39. The first kappa shape index (κ1) is 42.7. The number of nitrogens with one attached hydrogen (secondary N) is 1. The average molecular weight is 633 g/mol. The van der Waals surface area contributed by atoms with Crippen molar-refractivity contribution < 1.29 is 0 Å². The lowest BCUT2D eigenvalue weighted by molar-refractivity contribution is 0.831. The highest BCUT2D eigenvalue weighted by molar-refractivity contribution is 5.88. The topological polar surface area (TPSA) is 17.0 Å². The SMILES string of the molecule is C/C=C\CNc1ccccc1C(/C=C\C)=C/C.C=C/C=C\c1c(C)c2ccccc2n1C/C=C\C(=C/C)CCC/C=C/C.CC.CC. The molecule has 0 radical (unpaired) electrons. The fourth-order valence-electron chi connectivity index (χ4n) is 4.99. The second-order valence-electron chi connectivity index (χ2n) is 10.2. The van der Waals surface area contributed by atoms with Gasteiger partial charge in [0.2, 0.25) is 0 Å². The van der Waals surface area contributed by atoms with Gasteiger partial charge in [0.25, 0.3) is 0 Å². The van der Waals surface area contributed by atoms with Crippen LogP contribution in [0.2, 0.25) is 0 Å². The highest BCUT2D eigenvalue weighted by Gasteiger charge is 2.10. The molecule has 0 aliphatic carbocycles. The number of aromatic nitrogens is 1. The van der Waals surface area contributed by atoms with Crippen LogP contribution in [0.3, 0.4) is 0 Å². The normalized spacial score (nSPS) is 12.0. The molecule has 0 unspecified atom stereocenters. The standard InChI is InChI=1S/C25H31N.C16H21N.2C2H6/c1-5-8-10-11-15-22(7-3)16-14-20-26-24(18-9-6-2)21(4)23-17-12-13-19-25(23)26;1-4-7-13-17-16-12-9-8-11-15(16)14(6-3)10-5-2;2*1-2/h5-9,12-14,16-19H,2,10-11,15,20H2,1,3-4H3;4-12,17H,13H2,1-3H3;2*1-2H3/b8-5+,16-14-,18-9-,22-7-;7-4-,10-5-,14-6+;;.